The quantitative estimate of drug-likeness (QED) is 0.561. The lowest BCUT2D eigenvalue weighted by Crippen LogP contribution is -2.36. The van der Waals surface area contributed by atoms with E-state index in [2.05, 4.69) is 29.6 Å². The highest BCUT2D eigenvalue weighted by Crippen LogP contribution is 2.47. The fraction of sp³-hybridized carbons (Fsp3) is 0.240. The minimum absolute atomic E-state index is 0.111. The van der Waals surface area contributed by atoms with Gasteiger partial charge in [0.1, 0.15) is 11.7 Å². The number of nitrogens with one attached hydrogen (secondary N) is 2. The molecule has 0 saturated carbocycles. The van der Waals surface area contributed by atoms with Crippen molar-refractivity contribution in [3.63, 3.8) is 0 Å². The van der Waals surface area contributed by atoms with E-state index in [-0.39, 0.29) is 23.1 Å². The van der Waals surface area contributed by atoms with Crippen LogP contribution >= 0.6 is 11.6 Å². The minimum atomic E-state index is -0.385. The predicted octanol–water partition coefficient (Wildman–Crippen LogP) is 5.45. The van der Waals surface area contributed by atoms with Gasteiger partial charge in [0.25, 0.3) is 5.91 Å². The molecular weight excluding hydrogens is 424 g/mol. The first-order valence-electron chi connectivity index (χ1n) is 10.5. The summed E-state index contributed by atoms with van der Waals surface area (Å²) < 4.78 is 1.78. The predicted molar refractivity (Wildman–Crippen MR) is 125 cm³/mol. The zero-order chi connectivity index (χ0) is 22.5. The van der Waals surface area contributed by atoms with Gasteiger partial charge in [0, 0.05) is 28.3 Å². The van der Waals surface area contributed by atoms with Gasteiger partial charge in [-0.2, -0.15) is 5.10 Å². The molecule has 1 amide bonds. The minimum Gasteiger partial charge on any atom is -0.342 e. The van der Waals surface area contributed by atoms with Crippen LogP contribution in [0.2, 0.25) is 5.02 Å². The number of anilines is 2. The second-order valence-electron chi connectivity index (χ2n) is 9.08. The van der Waals surface area contributed by atoms with Crippen molar-refractivity contribution in [1.29, 1.82) is 0 Å². The summed E-state index contributed by atoms with van der Waals surface area (Å²) >= 11 is 6.11. The van der Waals surface area contributed by atoms with Gasteiger partial charge in [-0.25, -0.2) is 4.68 Å². The zero-order valence-electron chi connectivity index (χ0n) is 17.9. The molecule has 0 radical (unpaired) electrons. The molecule has 2 aromatic carbocycles. The molecule has 6 nitrogen and oxygen atoms in total. The summed E-state index contributed by atoms with van der Waals surface area (Å²) in [6.07, 6.45) is 2.83. The van der Waals surface area contributed by atoms with Gasteiger partial charge < -0.3 is 10.6 Å². The first-order chi connectivity index (χ1) is 15.3. The number of hydrogen-bond donors (Lipinski definition) is 2. The third kappa shape index (κ3) is 3.60. The van der Waals surface area contributed by atoms with Crippen LogP contribution in [0.5, 0.6) is 0 Å². The number of amides is 1. The Hall–Kier alpha value is -3.38. The molecule has 1 atom stereocenters. The molecular formula is C25H23ClN4O2. The van der Waals surface area contributed by atoms with E-state index in [4.69, 9.17) is 11.6 Å². The molecule has 32 heavy (non-hydrogen) atoms. The van der Waals surface area contributed by atoms with Crippen molar-refractivity contribution in [1.82, 2.24) is 9.78 Å². The third-order valence-electron chi connectivity index (χ3n) is 5.97. The molecule has 0 saturated heterocycles. The van der Waals surface area contributed by atoms with Crippen molar-refractivity contribution in [3.8, 4) is 0 Å². The normalized spacial score (nSPS) is 19.1. The molecule has 7 heteroatoms. The lowest BCUT2D eigenvalue weighted by molar-refractivity contribution is -0.118. The Morgan fingerprint density at radius 3 is 2.56 bits per heavy atom. The SMILES string of the molecule is CC1(C)CC(=O)C2=C(C1)Nc1c(NC(=O)c3ccccc3)cnn1[C@H]2c1ccc(Cl)cc1. The Morgan fingerprint density at radius 2 is 1.84 bits per heavy atom. The van der Waals surface area contributed by atoms with E-state index in [9.17, 15) is 9.59 Å². The van der Waals surface area contributed by atoms with Crippen LogP contribution in [0.4, 0.5) is 11.5 Å². The van der Waals surface area contributed by atoms with Crippen LogP contribution in [-0.4, -0.2) is 21.5 Å². The number of halogens is 1. The monoisotopic (exact) mass is 446 g/mol. The molecule has 0 bridgehead atoms. The number of aromatic nitrogens is 2. The molecule has 2 N–H and O–H groups in total. The number of Topliss-reactive ketones (excluding diaryl/α,β-unsaturated/α-hetero) is 1. The van der Waals surface area contributed by atoms with E-state index in [0.717, 1.165) is 23.3 Å². The van der Waals surface area contributed by atoms with Gasteiger partial charge in [-0.15, -0.1) is 0 Å². The highest BCUT2D eigenvalue weighted by Gasteiger charge is 2.41. The van der Waals surface area contributed by atoms with Gasteiger partial charge >= 0.3 is 0 Å². The van der Waals surface area contributed by atoms with E-state index < -0.39 is 0 Å². The molecule has 1 aliphatic heterocycles. The van der Waals surface area contributed by atoms with Crippen LogP contribution in [-0.2, 0) is 4.79 Å². The van der Waals surface area contributed by atoms with E-state index >= 15 is 0 Å². The largest absolute Gasteiger partial charge is 0.342 e. The van der Waals surface area contributed by atoms with Gasteiger partial charge in [0.05, 0.1) is 6.20 Å². The summed E-state index contributed by atoms with van der Waals surface area (Å²) in [4.78, 5) is 26.0. The van der Waals surface area contributed by atoms with Crippen LogP contribution in [0.3, 0.4) is 0 Å². The number of carbonyl (C=O) groups is 2. The smallest absolute Gasteiger partial charge is 0.255 e. The topological polar surface area (TPSA) is 76.0 Å². The van der Waals surface area contributed by atoms with Gasteiger partial charge in [0.2, 0.25) is 0 Å². The molecule has 2 heterocycles. The molecule has 3 aromatic rings. The van der Waals surface area contributed by atoms with Crippen molar-refractivity contribution in [3.05, 3.63) is 88.2 Å². The van der Waals surface area contributed by atoms with Gasteiger partial charge in [-0.05, 0) is 41.7 Å². The van der Waals surface area contributed by atoms with Crippen molar-refractivity contribution in [2.24, 2.45) is 5.41 Å². The Labute approximate surface area is 191 Å². The van der Waals surface area contributed by atoms with E-state index in [0.29, 0.717) is 28.5 Å². The second-order valence-corrected chi connectivity index (χ2v) is 9.52. The number of rotatable bonds is 3. The average Bonchev–Trinajstić information content (AvgIpc) is 3.15. The number of fused-ring (bicyclic) bond motifs is 1. The highest BCUT2D eigenvalue weighted by atomic mass is 35.5. The van der Waals surface area contributed by atoms with Crippen molar-refractivity contribution >= 4 is 34.8 Å². The lowest BCUT2D eigenvalue weighted by Gasteiger charge is -2.39. The van der Waals surface area contributed by atoms with Crippen LogP contribution in [0.25, 0.3) is 0 Å². The Balaban J connectivity index is 1.59. The van der Waals surface area contributed by atoms with E-state index in [1.807, 2.05) is 42.5 Å². The summed E-state index contributed by atoms with van der Waals surface area (Å²) in [5, 5.41) is 11.6. The maximum absolute atomic E-state index is 13.2. The van der Waals surface area contributed by atoms with Crippen LogP contribution < -0.4 is 10.6 Å². The average molecular weight is 447 g/mol. The maximum atomic E-state index is 13.2. The van der Waals surface area contributed by atoms with Crippen molar-refractivity contribution in [2.45, 2.75) is 32.7 Å². The number of ketones is 1. The van der Waals surface area contributed by atoms with Gasteiger partial charge in [0.15, 0.2) is 11.6 Å². The van der Waals surface area contributed by atoms with Crippen LogP contribution in [0.15, 0.2) is 72.1 Å². The standard InChI is InChI=1S/C25H23ClN4O2/c1-25(2)12-18-21(20(31)13-25)22(15-8-10-17(26)11-9-15)30-23(28-18)19(14-27-30)29-24(32)16-6-4-3-5-7-16/h3-11,14,22,28H,12-13H2,1-2H3,(H,29,32)/t22-/m0/s1. The zero-order valence-corrected chi connectivity index (χ0v) is 18.6. The summed E-state index contributed by atoms with van der Waals surface area (Å²) in [5.41, 5.74) is 3.51. The van der Waals surface area contributed by atoms with Crippen molar-refractivity contribution in [2.75, 3.05) is 10.6 Å². The molecule has 1 aromatic heterocycles. The number of hydrogen-bond acceptors (Lipinski definition) is 4. The third-order valence-corrected chi connectivity index (χ3v) is 6.22. The number of nitrogens with zero attached hydrogens (tertiary/aromatic N) is 2. The summed E-state index contributed by atoms with van der Waals surface area (Å²) in [6.45, 7) is 4.19. The molecule has 0 unspecified atom stereocenters. The maximum Gasteiger partial charge on any atom is 0.255 e. The number of benzene rings is 2. The Kier molecular flexibility index (Phi) is 4.90. The van der Waals surface area contributed by atoms with Crippen LogP contribution in [0, 0.1) is 5.41 Å². The summed E-state index contributed by atoms with van der Waals surface area (Å²) in [7, 11) is 0. The molecule has 5 rings (SSSR count). The molecule has 162 valence electrons. The lowest BCUT2D eigenvalue weighted by atomic mass is 9.73. The van der Waals surface area contributed by atoms with Crippen molar-refractivity contribution < 1.29 is 9.59 Å². The molecule has 1 aliphatic carbocycles. The molecule has 2 aliphatic rings. The fourth-order valence-electron chi connectivity index (χ4n) is 4.54. The van der Waals surface area contributed by atoms with Crippen LogP contribution in [0.1, 0.15) is 48.7 Å². The molecule has 0 spiro atoms. The van der Waals surface area contributed by atoms with E-state index in [1.54, 1.807) is 23.0 Å². The summed E-state index contributed by atoms with van der Waals surface area (Å²) in [5.74, 6) is 0.560. The second kappa shape index (κ2) is 7.64. The number of allylic oxidation sites excluding steroid dienone is 2. The van der Waals surface area contributed by atoms with Gasteiger partial charge in [-0.3, -0.25) is 9.59 Å². The Morgan fingerprint density at radius 1 is 1.12 bits per heavy atom. The van der Waals surface area contributed by atoms with E-state index in [1.165, 1.54) is 0 Å². The fourth-order valence-corrected chi connectivity index (χ4v) is 4.67. The first kappa shape index (κ1) is 20.5. The number of carbonyl (C=O) groups excluding carboxylic acids is 2. The summed E-state index contributed by atoms with van der Waals surface area (Å²) in [6, 6.07) is 16.1. The molecule has 0 fully saturated rings. The van der Waals surface area contributed by atoms with Gasteiger partial charge in [-0.1, -0.05) is 55.8 Å². The Bertz CT molecular complexity index is 1240. The highest BCUT2D eigenvalue weighted by molar-refractivity contribution is 6.30. The first-order valence-corrected chi connectivity index (χ1v) is 10.9.